The summed E-state index contributed by atoms with van der Waals surface area (Å²) in [5.74, 6) is 1.10. The van der Waals surface area contributed by atoms with Crippen LogP contribution in [0.5, 0.6) is 11.5 Å². The van der Waals surface area contributed by atoms with E-state index >= 15 is 0 Å². The highest BCUT2D eigenvalue weighted by molar-refractivity contribution is 6.33. The van der Waals surface area contributed by atoms with Crippen LogP contribution in [0.2, 0.25) is 10.0 Å². The summed E-state index contributed by atoms with van der Waals surface area (Å²) >= 11 is 12.0. The van der Waals surface area contributed by atoms with E-state index in [0.717, 1.165) is 5.56 Å². The molecule has 0 amide bonds. The first-order valence-electron chi connectivity index (χ1n) is 5.29. The second-order valence-electron chi connectivity index (χ2n) is 3.84. The molecule has 0 N–H and O–H groups in total. The number of rotatable bonds is 3. The van der Waals surface area contributed by atoms with Gasteiger partial charge in [0.2, 0.25) is 0 Å². The Bertz CT molecular complexity index is 594. The van der Waals surface area contributed by atoms with E-state index in [0.29, 0.717) is 33.4 Å². The highest BCUT2D eigenvalue weighted by atomic mass is 35.5. The molecule has 18 heavy (non-hydrogen) atoms. The van der Waals surface area contributed by atoms with E-state index in [1.54, 1.807) is 24.3 Å². The van der Waals surface area contributed by atoms with E-state index in [2.05, 4.69) is 0 Å². The summed E-state index contributed by atoms with van der Waals surface area (Å²) in [7, 11) is 0. The molecule has 2 nitrogen and oxygen atoms in total. The van der Waals surface area contributed by atoms with Crippen molar-refractivity contribution in [3.63, 3.8) is 0 Å². The molecule has 0 saturated heterocycles. The van der Waals surface area contributed by atoms with Crippen LogP contribution in [-0.2, 0) is 0 Å². The summed E-state index contributed by atoms with van der Waals surface area (Å²) in [4.78, 5) is 10.6. The third-order valence-electron chi connectivity index (χ3n) is 2.41. The van der Waals surface area contributed by atoms with Crippen LogP contribution in [0.25, 0.3) is 0 Å². The quantitative estimate of drug-likeness (QED) is 0.747. The van der Waals surface area contributed by atoms with Crippen molar-refractivity contribution in [2.75, 3.05) is 0 Å². The van der Waals surface area contributed by atoms with Gasteiger partial charge in [-0.2, -0.15) is 0 Å². The lowest BCUT2D eigenvalue weighted by molar-refractivity contribution is 0.112. The fraction of sp³-hybridized carbons (Fsp3) is 0.0714. The fourth-order valence-corrected chi connectivity index (χ4v) is 1.85. The molecule has 0 aliphatic carbocycles. The molecule has 0 aliphatic rings. The molecule has 0 spiro atoms. The first kappa shape index (κ1) is 12.9. The Hall–Kier alpha value is -1.51. The summed E-state index contributed by atoms with van der Waals surface area (Å²) in [6.07, 6.45) is 0.700. The van der Waals surface area contributed by atoms with Crippen LogP contribution in [0.3, 0.4) is 0 Å². The molecular formula is C14H10Cl2O2. The smallest absolute Gasteiger partial charge is 0.151 e. The second-order valence-corrected chi connectivity index (χ2v) is 4.65. The molecule has 2 aromatic rings. The maximum Gasteiger partial charge on any atom is 0.151 e. The Labute approximate surface area is 115 Å². The van der Waals surface area contributed by atoms with Crippen molar-refractivity contribution >= 4 is 29.5 Å². The van der Waals surface area contributed by atoms with E-state index in [1.165, 1.54) is 0 Å². The van der Waals surface area contributed by atoms with Crippen molar-refractivity contribution in [1.29, 1.82) is 0 Å². The molecule has 0 fully saturated rings. The molecule has 0 aromatic heterocycles. The Morgan fingerprint density at radius 1 is 1.06 bits per heavy atom. The predicted octanol–water partition coefficient (Wildman–Crippen LogP) is 4.91. The number of ether oxygens (including phenoxy) is 1. The first-order valence-corrected chi connectivity index (χ1v) is 6.04. The molecule has 0 heterocycles. The highest BCUT2D eigenvalue weighted by Gasteiger charge is 2.06. The largest absolute Gasteiger partial charge is 0.456 e. The van der Waals surface area contributed by atoms with Crippen LogP contribution >= 0.6 is 23.2 Å². The van der Waals surface area contributed by atoms with Crippen molar-refractivity contribution in [2.24, 2.45) is 0 Å². The number of carbonyl (C=O) groups excluding carboxylic acids is 1. The topological polar surface area (TPSA) is 26.3 Å². The third-order valence-corrected chi connectivity index (χ3v) is 3.05. The van der Waals surface area contributed by atoms with Gasteiger partial charge in [0.25, 0.3) is 0 Å². The Morgan fingerprint density at radius 3 is 2.50 bits per heavy atom. The maximum absolute atomic E-state index is 10.6. The minimum atomic E-state index is 0.353. The van der Waals surface area contributed by atoms with Crippen molar-refractivity contribution in [3.8, 4) is 11.5 Å². The van der Waals surface area contributed by atoms with Gasteiger partial charge in [-0.1, -0.05) is 29.3 Å². The standard InChI is InChI=1S/C14H10Cl2O2/c1-9-2-5-12(15)14(6-9)18-11-4-3-10(8-17)13(16)7-11/h2-8H,1H3. The van der Waals surface area contributed by atoms with Gasteiger partial charge >= 0.3 is 0 Å². The average Bonchev–Trinajstić information content (AvgIpc) is 2.34. The van der Waals surface area contributed by atoms with E-state index in [1.807, 2.05) is 19.1 Å². The molecule has 0 bridgehead atoms. The van der Waals surface area contributed by atoms with E-state index in [-0.39, 0.29) is 0 Å². The van der Waals surface area contributed by atoms with Gasteiger partial charge in [-0.05, 0) is 36.8 Å². The molecule has 0 aliphatic heterocycles. The van der Waals surface area contributed by atoms with Crippen LogP contribution in [0.15, 0.2) is 36.4 Å². The van der Waals surface area contributed by atoms with Gasteiger partial charge < -0.3 is 4.74 Å². The summed E-state index contributed by atoms with van der Waals surface area (Å²) in [6.45, 7) is 1.95. The van der Waals surface area contributed by atoms with Crippen molar-refractivity contribution in [3.05, 3.63) is 57.6 Å². The van der Waals surface area contributed by atoms with Crippen LogP contribution in [0, 0.1) is 6.92 Å². The van der Waals surface area contributed by atoms with E-state index in [9.17, 15) is 4.79 Å². The van der Waals surface area contributed by atoms with Gasteiger partial charge in [-0.15, -0.1) is 0 Å². The summed E-state index contributed by atoms with van der Waals surface area (Å²) in [5, 5.41) is 0.877. The first-order chi connectivity index (χ1) is 8.60. The number of benzene rings is 2. The van der Waals surface area contributed by atoms with Crippen LogP contribution in [0.1, 0.15) is 15.9 Å². The lowest BCUT2D eigenvalue weighted by Gasteiger charge is -2.09. The number of aldehydes is 1. The van der Waals surface area contributed by atoms with Gasteiger partial charge in [0.1, 0.15) is 11.5 Å². The summed E-state index contributed by atoms with van der Waals surface area (Å²) < 4.78 is 5.64. The fourth-order valence-electron chi connectivity index (χ4n) is 1.48. The van der Waals surface area contributed by atoms with Gasteiger partial charge in [0.15, 0.2) is 6.29 Å². The zero-order valence-corrected chi connectivity index (χ0v) is 11.1. The molecule has 0 unspecified atom stereocenters. The lowest BCUT2D eigenvalue weighted by Crippen LogP contribution is -1.88. The zero-order valence-electron chi connectivity index (χ0n) is 9.61. The van der Waals surface area contributed by atoms with Crippen LogP contribution in [0.4, 0.5) is 0 Å². The summed E-state index contributed by atoms with van der Waals surface area (Å²) in [5.41, 5.74) is 1.48. The lowest BCUT2D eigenvalue weighted by atomic mass is 10.2. The highest BCUT2D eigenvalue weighted by Crippen LogP contribution is 2.31. The summed E-state index contributed by atoms with van der Waals surface area (Å²) in [6, 6.07) is 10.4. The van der Waals surface area contributed by atoms with Crippen molar-refractivity contribution < 1.29 is 9.53 Å². The van der Waals surface area contributed by atoms with Gasteiger partial charge in [0, 0.05) is 11.6 Å². The Balaban J connectivity index is 2.31. The minimum Gasteiger partial charge on any atom is -0.456 e. The van der Waals surface area contributed by atoms with E-state index in [4.69, 9.17) is 27.9 Å². The number of hydrogen-bond acceptors (Lipinski definition) is 2. The Morgan fingerprint density at radius 2 is 1.83 bits per heavy atom. The van der Waals surface area contributed by atoms with Crippen LogP contribution in [-0.4, -0.2) is 6.29 Å². The maximum atomic E-state index is 10.6. The molecule has 92 valence electrons. The molecule has 2 rings (SSSR count). The SMILES string of the molecule is Cc1ccc(Cl)c(Oc2ccc(C=O)c(Cl)c2)c1. The van der Waals surface area contributed by atoms with Crippen molar-refractivity contribution in [2.45, 2.75) is 6.92 Å². The minimum absolute atomic E-state index is 0.353. The number of halogens is 2. The number of aryl methyl sites for hydroxylation is 1. The Kier molecular flexibility index (Phi) is 3.90. The zero-order chi connectivity index (χ0) is 13.1. The second kappa shape index (κ2) is 5.42. The van der Waals surface area contributed by atoms with E-state index < -0.39 is 0 Å². The third kappa shape index (κ3) is 2.84. The van der Waals surface area contributed by atoms with Gasteiger partial charge in [-0.25, -0.2) is 0 Å². The molecule has 0 saturated carbocycles. The monoisotopic (exact) mass is 280 g/mol. The number of hydrogen-bond donors (Lipinski definition) is 0. The average molecular weight is 281 g/mol. The number of carbonyl (C=O) groups is 1. The molecule has 0 atom stereocenters. The predicted molar refractivity (Wildman–Crippen MR) is 73.1 cm³/mol. The molecule has 2 aromatic carbocycles. The van der Waals surface area contributed by atoms with Gasteiger partial charge in [0.05, 0.1) is 10.0 Å². The molecule has 4 heteroatoms. The van der Waals surface area contributed by atoms with Crippen LogP contribution < -0.4 is 4.74 Å². The van der Waals surface area contributed by atoms with Gasteiger partial charge in [-0.3, -0.25) is 4.79 Å². The normalized spacial score (nSPS) is 10.2. The molecule has 0 radical (unpaired) electrons. The molecular weight excluding hydrogens is 271 g/mol. The van der Waals surface area contributed by atoms with Crippen molar-refractivity contribution in [1.82, 2.24) is 0 Å².